The van der Waals surface area contributed by atoms with Gasteiger partial charge in [-0.2, -0.15) is 0 Å². The van der Waals surface area contributed by atoms with Crippen molar-refractivity contribution in [2.24, 2.45) is 17.8 Å². The van der Waals surface area contributed by atoms with Crippen LogP contribution in [0.4, 0.5) is 0 Å². The number of carbonyl (C=O) groups excluding carboxylic acids is 4. The first kappa shape index (κ1) is 82.1. The van der Waals surface area contributed by atoms with E-state index >= 15 is 0 Å². The van der Waals surface area contributed by atoms with Crippen LogP contribution in [0.2, 0.25) is 0 Å². The van der Waals surface area contributed by atoms with Gasteiger partial charge in [-0.3, -0.25) is 37.3 Å². The van der Waals surface area contributed by atoms with Crippen LogP contribution >= 0.6 is 15.6 Å². The second-order valence-corrected chi connectivity index (χ2v) is 27.6. The van der Waals surface area contributed by atoms with E-state index in [1.54, 1.807) is 0 Å². The standard InChI is InChI=1S/C65H126O17P2/c1-8-10-11-12-22-32-39-46-62(67)75-52-61(82-65(70)49-42-35-28-27-31-38-45-58(7)9-2)55-80-84(73,74)78-51-59(66)50-77-83(71,72)79-54-60(53-76-63(68)47-40-33-25-21-17-19-24-30-37-44-57(5)6)81-64(69)48-41-34-26-20-16-14-13-15-18-23-29-36-43-56(3)4/h56-61,66H,8-55H2,1-7H3,(H,71,72)(H,73,74)/t58?,59-,60-,61-/m1/s1. The molecule has 3 N–H and O–H groups in total. The van der Waals surface area contributed by atoms with Gasteiger partial charge in [-0.1, -0.05) is 267 Å². The molecule has 19 heteroatoms. The van der Waals surface area contributed by atoms with Gasteiger partial charge in [0.1, 0.15) is 19.3 Å². The minimum absolute atomic E-state index is 0.102. The largest absolute Gasteiger partial charge is 0.472 e. The molecule has 0 aliphatic rings. The highest BCUT2D eigenvalue weighted by Gasteiger charge is 2.30. The molecule has 0 radical (unpaired) electrons. The van der Waals surface area contributed by atoms with E-state index < -0.39 is 97.5 Å². The molecule has 0 bridgehead atoms. The van der Waals surface area contributed by atoms with Crippen LogP contribution in [0.25, 0.3) is 0 Å². The number of esters is 4. The van der Waals surface area contributed by atoms with Crippen LogP contribution in [0.1, 0.15) is 318 Å². The van der Waals surface area contributed by atoms with Crippen LogP contribution in [0.15, 0.2) is 0 Å². The second kappa shape index (κ2) is 56.3. The van der Waals surface area contributed by atoms with Crippen molar-refractivity contribution in [2.45, 2.75) is 336 Å². The maximum absolute atomic E-state index is 13.0. The summed E-state index contributed by atoms with van der Waals surface area (Å²) in [6.07, 6.45) is 37.7. The zero-order chi connectivity index (χ0) is 62.4. The molecule has 0 spiro atoms. The molecule has 17 nitrogen and oxygen atoms in total. The SMILES string of the molecule is CCCCCCCCCC(=O)OC[C@H](COP(=O)(O)OC[C@H](O)COP(=O)(O)OC[C@@H](COC(=O)CCCCCCCCCCCC(C)C)OC(=O)CCCCCCCCCCCCCCC(C)C)OC(=O)CCCCCCCCC(C)CC. The number of unbranched alkanes of at least 4 members (excludes halogenated alkanes) is 30. The number of phosphoric ester groups is 2. The maximum atomic E-state index is 13.0. The highest BCUT2D eigenvalue weighted by atomic mass is 31.2. The Morgan fingerprint density at radius 2 is 0.607 bits per heavy atom. The summed E-state index contributed by atoms with van der Waals surface area (Å²) in [5.74, 6) is 0.101. The quantitative estimate of drug-likeness (QED) is 0.0222. The van der Waals surface area contributed by atoms with Crippen LogP contribution in [-0.2, 0) is 65.4 Å². The van der Waals surface area contributed by atoms with Crippen molar-refractivity contribution < 1.29 is 80.2 Å². The van der Waals surface area contributed by atoms with E-state index in [0.717, 1.165) is 120 Å². The van der Waals surface area contributed by atoms with Crippen LogP contribution in [0.3, 0.4) is 0 Å². The third kappa shape index (κ3) is 57.8. The maximum Gasteiger partial charge on any atom is 0.472 e. The fraction of sp³-hybridized carbons (Fsp3) is 0.938. The number of rotatable bonds is 63. The van der Waals surface area contributed by atoms with Gasteiger partial charge in [0, 0.05) is 25.7 Å². The normalized spacial score (nSPS) is 14.7. The summed E-state index contributed by atoms with van der Waals surface area (Å²) in [6, 6.07) is 0. The molecule has 0 fully saturated rings. The summed E-state index contributed by atoms with van der Waals surface area (Å²) in [5.41, 5.74) is 0. The highest BCUT2D eigenvalue weighted by molar-refractivity contribution is 7.47. The number of phosphoric acid groups is 2. The predicted octanol–water partition coefficient (Wildman–Crippen LogP) is 17.9. The third-order valence-corrected chi connectivity index (χ3v) is 17.1. The Balaban J connectivity index is 5.22. The Bertz CT molecular complexity index is 1670. The minimum atomic E-state index is -4.95. The molecule has 0 heterocycles. The smallest absolute Gasteiger partial charge is 0.462 e. The first-order valence-electron chi connectivity index (χ1n) is 33.9. The van der Waals surface area contributed by atoms with Crippen LogP contribution in [0, 0.1) is 17.8 Å². The number of carbonyl (C=O) groups is 4. The lowest BCUT2D eigenvalue weighted by Gasteiger charge is -2.21. The molecular formula is C65H126O17P2. The minimum Gasteiger partial charge on any atom is -0.462 e. The van der Waals surface area contributed by atoms with Crippen molar-refractivity contribution in [1.82, 2.24) is 0 Å². The van der Waals surface area contributed by atoms with E-state index in [2.05, 4.69) is 48.5 Å². The van der Waals surface area contributed by atoms with Crippen LogP contribution in [0.5, 0.6) is 0 Å². The number of aliphatic hydroxyl groups excluding tert-OH is 1. The second-order valence-electron chi connectivity index (χ2n) is 24.7. The molecule has 0 aromatic rings. The van der Waals surface area contributed by atoms with E-state index in [-0.39, 0.29) is 25.7 Å². The molecule has 498 valence electrons. The molecule has 0 aromatic carbocycles. The summed E-state index contributed by atoms with van der Waals surface area (Å²) in [7, 11) is -9.89. The molecule has 0 aliphatic carbocycles. The fourth-order valence-corrected chi connectivity index (χ4v) is 11.2. The summed E-state index contributed by atoms with van der Waals surface area (Å²) >= 11 is 0. The number of ether oxygens (including phenoxy) is 4. The van der Waals surface area contributed by atoms with Gasteiger partial charge in [0.25, 0.3) is 0 Å². The molecule has 0 saturated heterocycles. The summed E-state index contributed by atoms with van der Waals surface area (Å²) < 4.78 is 68.0. The Hall–Kier alpha value is -1.94. The van der Waals surface area contributed by atoms with E-state index in [4.69, 9.17) is 37.0 Å². The van der Waals surface area contributed by atoms with E-state index in [1.165, 1.54) is 116 Å². The zero-order valence-corrected chi connectivity index (χ0v) is 56.1. The molecule has 6 atom stereocenters. The molecule has 0 amide bonds. The Morgan fingerprint density at radius 1 is 0.345 bits per heavy atom. The topological polar surface area (TPSA) is 237 Å². The van der Waals surface area contributed by atoms with Crippen molar-refractivity contribution in [3.63, 3.8) is 0 Å². The lowest BCUT2D eigenvalue weighted by Crippen LogP contribution is -2.30. The van der Waals surface area contributed by atoms with Gasteiger partial charge < -0.3 is 33.8 Å². The van der Waals surface area contributed by atoms with Gasteiger partial charge in [-0.05, 0) is 43.4 Å². The molecule has 0 rings (SSSR count). The van der Waals surface area contributed by atoms with Crippen LogP contribution in [-0.4, -0.2) is 96.7 Å². The average Bonchev–Trinajstić information content (AvgIpc) is 3.49. The first-order chi connectivity index (χ1) is 40.3. The number of hydrogen-bond donors (Lipinski definition) is 3. The Labute approximate surface area is 511 Å². The Morgan fingerprint density at radius 3 is 0.905 bits per heavy atom. The highest BCUT2D eigenvalue weighted by Crippen LogP contribution is 2.45. The van der Waals surface area contributed by atoms with Gasteiger partial charge in [-0.25, -0.2) is 9.13 Å². The van der Waals surface area contributed by atoms with Gasteiger partial charge in [-0.15, -0.1) is 0 Å². The van der Waals surface area contributed by atoms with Crippen molar-refractivity contribution >= 4 is 39.5 Å². The van der Waals surface area contributed by atoms with E-state index in [1.807, 2.05) is 0 Å². The summed E-state index contributed by atoms with van der Waals surface area (Å²) in [6.45, 7) is 11.7. The van der Waals surface area contributed by atoms with Gasteiger partial charge >= 0.3 is 39.5 Å². The average molecular weight is 1240 g/mol. The van der Waals surface area contributed by atoms with Crippen molar-refractivity contribution in [1.29, 1.82) is 0 Å². The van der Waals surface area contributed by atoms with Crippen molar-refractivity contribution in [3.8, 4) is 0 Å². The number of aliphatic hydroxyl groups is 1. The number of hydrogen-bond acceptors (Lipinski definition) is 15. The molecular weight excluding hydrogens is 1110 g/mol. The lowest BCUT2D eigenvalue weighted by molar-refractivity contribution is -0.161. The third-order valence-electron chi connectivity index (χ3n) is 15.2. The molecule has 3 unspecified atom stereocenters. The molecule has 0 saturated carbocycles. The Kier molecular flexibility index (Phi) is 55.0. The summed E-state index contributed by atoms with van der Waals surface area (Å²) in [4.78, 5) is 72.2. The zero-order valence-electron chi connectivity index (χ0n) is 54.4. The van der Waals surface area contributed by atoms with Gasteiger partial charge in [0.05, 0.1) is 26.4 Å². The first-order valence-corrected chi connectivity index (χ1v) is 36.9. The molecule has 0 aliphatic heterocycles. The van der Waals surface area contributed by atoms with Gasteiger partial charge in [0.15, 0.2) is 12.2 Å². The predicted molar refractivity (Wildman–Crippen MR) is 335 cm³/mol. The van der Waals surface area contributed by atoms with E-state index in [9.17, 15) is 43.2 Å². The van der Waals surface area contributed by atoms with Crippen molar-refractivity contribution in [3.05, 3.63) is 0 Å². The molecule has 84 heavy (non-hydrogen) atoms. The molecule has 0 aromatic heterocycles. The van der Waals surface area contributed by atoms with E-state index in [0.29, 0.717) is 25.7 Å². The monoisotopic (exact) mass is 1240 g/mol. The lowest BCUT2D eigenvalue weighted by atomic mass is 10.00. The van der Waals surface area contributed by atoms with Gasteiger partial charge in [0.2, 0.25) is 0 Å². The summed E-state index contributed by atoms with van der Waals surface area (Å²) in [5, 5.41) is 10.5. The van der Waals surface area contributed by atoms with Crippen molar-refractivity contribution in [2.75, 3.05) is 39.6 Å². The van der Waals surface area contributed by atoms with Crippen LogP contribution < -0.4 is 0 Å². The fourth-order valence-electron chi connectivity index (χ4n) is 9.62.